The summed E-state index contributed by atoms with van der Waals surface area (Å²) in [7, 11) is 1.37. The fraction of sp³-hybridized carbons (Fsp3) is 0.0909. The SMILES string of the molecule is COc1cc(C=NNC(=O)C(=O)Nc2cccc(C(F)(F)F)c2)ccc1OC(=O)c1cccs1. The van der Waals surface area contributed by atoms with Crippen LogP contribution >= 0.6 is 11.3 Å². The minimum Gasteiger partial charge on any atom is -0.493 e. The van der Waals surface area contributed by atoms with Crippen molar-refractivity contribution in [1.29, 1.82) is 0 Å². The Balaban J connectivity index is 1.59. The van der Waals surface area contributed by atoms with Crippen LogP contribution in [0.4, 0.5) is 18.9 Å². The number of hydrogen-bond donors (Lipinski definition) is 2. The number of nitrogens with zero attached hydrogens (tertiary/aromatic N) is 1. The third-order valence-corrected chi connectivity index (χ3v) is 5.00. The maximum Gasteiger partial charge on any atom is 0.416 e. The molecule has 0 saturated heterocycles. The number of hydrazone groups is 1. The number of thiophene rings is 1. The molecule has 3 aromatic rings. The molecule has 0 unspecified atom stereocenters. The van der Waals surface area contributed by atoms with Gasteiger partial charge in [0, 0.05) is 5.69 Å². The lowest BCUT2D eigenvalue weighted by atomic mass is 10.2. The van der Waals surface area contributed by atoms with Crippen LogP contribution in [0.3, 0.4) is 0 Å². The molecular formula is C22H16F3N3O5S. The number of rotatable bonds is 6. The first-order valence-corrected chi connectivity index (χ1v) is 10.3. The van der Waals surface area contributed by atoms with Crippen LogP contribution in [0, 0.1) is 0 Å². The molecule has 0 radical (unpaired) electrons. The lowest BCUT2D eigenvalue weighted by Gasteiger charge is -2.09. The van der Waals surface area contributed by atoms with Gasteiger partial charge in [0.2, 0.25) is 0 Å². The standard InChI is InChI=1S/C22H16F3N3O5S/c1-32-17-10-13(7-8-16(17)33-21(31)18-6-3-9-34-18)12-26-28-20(30)19(29)27-15-5-2-4-14(11-15)22(23,24)25/h2-12H,1H3,(H,27,29)(H,28,30). The van der Waals surface area contributed by atoms with E-state index < -0.39 is 29.5 Å². The minimum atomic E-state index is -4.59. The zero-order valence-electron chi connectivity index (χ0n) is 17.4. The Kier molecular flexibility index (Phi) is 7.64. The normalized spacial score (nSPS) is 11.2. The van der Waals surface area contributed by atoms with E-state index in [0.717, 1.165) is 12.1 Å². The molecule has 3 rings (SSSR count). The summed E-state index contributed by atoms with van der Waals surface area (Å²) in [4.78, 5) is 36.3. The lowest BCUT2D eigenvalue weighted by molar-refractivity contribution is -0.137. The van der Waals surface area contributed by atoms with Gasteiger partial charge in [-0.05, 0) is 53.4 Å². The number of carbonyl (C=O) groups is 3. The van der Waals surface area contributed by atoms with Crippen molar-refractivity contribution in [2.24, 2.45) is 5.10 Å². The zero-order chi connectivity index (χ0) is 24.7. The van der Waals surface area contributed by atoms with Gasteiger partial charge < -0.3 is 14.8 Å². The van der Waals surface area contributed by atoms with Crippen molar-refractivity contribution in [3.63, 3.8) is 0 Å². The summed E-state index contributed by atoms with van der Waals surface area (Å²) < 4.78 is 48.8. The van der Waals surface area contributed by atoms with E-state index in [1.54, 1.807) is 17.5 Å². The van der Waals surface area contributed by atoms with E-state index in [4.69, 9.17) is 9.47 Å². The lowest BCUT2D eigenvalue weighted by Crippen LogP contribution is -2.32. The number of nitrogens with one attached hydrogen (secondary N) is 2. The van der Waals surface area contributed by atoms with Crippen LogP contribution in [0.15, 0.2) is 65.1 Å². The highest BCUT2D eigenvalue weighted by atomic mass is 32.1. The molecule has 0 spiro atoms. The zero-order valence-corrected chi connectivity index (χ0v) is 18.2. The van der Waals surface area contributed by atoms with Gasteiger partial charge in [-0.15, -0.1) is 11.3 Å². The molecule has 2 amide bonds. The van der Waals surface area contributed by atoms with Gasteiger partial charge in [-0.2, -0.15) is 18.3 Å². The first kappa shape index (κ1) is 24.5. The Morgan fingerprint density at radius 1 is 1.00 bits per heavy atom. The summed E-state index contributed by atoms with van der Waals surface area (Å²) in [6.45, 7) is 0. The third kappa shape index (κ3) is 6.42. The molecule has 2 N–H and O–H groups in total. The summed E-state index contributed by atoms with van der Waals surface area (Å²) in [5.74, 6) is -2.55. The summed E-state index contributed by atoms with van der Waals surface area (Å²) in [6.07, 6.45) is -3.39. The van der Waals surface area contributed by atoms with Gasteiger partial charge in [0.1, 0.15) is 4.88 Å². The molecule has 0 bridgehead atoms. The van der Waals surface area contributed by atoms with Crippen molar-refractivity contribution in [3.8, 4) is 11.5 Å². The number of carbonyl (C=O) groups excluding carboxylic acids is 3. The second kappa shape index (κ2) is 10.6. The Hall–Kier alpha value is -4.19. The highest BCUT2D eigenvalue weighted by Crippen LogP contribution is 2.31. The summed E-state index contributed by atoms with van der Waals surface area (Å²) in [5, 5.41) is 7.44. The molecule has 8 nitrogen and oxygen atoms in total. The third-order valence-electron chi connectivity index (χ3n) is 4.15. The van der Waals surface area contributed by atoms with Crippen molar-refractivity contribution in [2.45, 2.75) is 6.18 Å². The van der Waals surface area contributed by atoms with E-state index in [1.807, 2.05) is 5.43 Å². The Morgan fingerprint density at radius 2 is 1.79 bits per heavy atom. The van der Waals surface area contributed by atoms with Gasteiger partial charge in [-0.25, -0.2) is 10.2 Å². The predicted octanol–water partition coefficient (Wildman–Crippen LogP) is 4.08. The maximum atomic E-state index is 12.8. The van der Waals surface area contributed by atoms with Crippen molar-refractivity contribution in [3.05, 3.63) is 76.0 Å². The van der Waals surface area contributed by atoms with Crippen LogP contribution in [0.2, 0.25) is 0 Å². The molecule has 0 saturated carbocycles. The number of amides is 2. The van der Waals surface area contributed by atoms with Gasteiger partial charge in [0.25, 0.3) is 0 Å². The second-order valence-electron chi connectivity index (χ2n) is 6.51. The molecule has 0 aliphatic heterocycles. The van der Waals surface area contributed by atoms with Gasteiger partial charge in [0.05, 0.1) is 18.9 Å². The number of hydrogen-bond acceptors (Lipinski definition) is 7. The Labute approximate surface area is 195 Å². The van der Waals surface area contributed by atoms with Gasteiger partial charge in [0.15, 0.2) is 11.5 Å². The molecule has 176 valence electrons. The van der Waals surface area contributed by atoms with Gasteiger partial charge in [-0.1, -0.05) is 12.1 Å². The monoisotopic (exact) mass is 491 g/mol. The second-order valence-corrected chi connectivity index (χ2v) is 7.46. The van der Waals surface area contributed by atoms with Crippen molar-refractivity contribution in [1.82, 2.24) is 5.43 Å². The van der Waals surface area contributed by atoms with Crippen molar-refractivity contribution in [2.75, 3.05) is 12.4 Å². The van der Waals surface area contributed by atoms with Crippen LogP contribution in [0.5, 0.6) is 11.5 Å². The number of ether oxygens (including phenoxy) is 2. The fourth-order valence-corrected chi connectivity index (χ4v) is 3.17. The van der Waals surface area contributed by atoms with Crippen molar-refractivity contribution < 1.29 is 37.0 Å². The minimum absolute atomic E-state index is 0.169. The van der Waals surface area contributed by atoms with E-state index in [1.165, 1.54) is 48.9 Å². The first-order chi connectivity index (χ1) is 16.2. The number of anilines is 1. The highest BCUT2D eigenvalue weighted by Gasteiger charge is 2.30. The molecule has 34 heavy (non-hydrogen) atoms. The number of halogens is 3. The molecule has 12 heteroatoms. The number of alkyl halides is 3. The maximum absolute atomic E-state index is 12.8. The predicted molar refractivity (Wildman–Crippen MR) is 118 cm³/mol. The number of esters is 1. The smallest absolute Gasteiger partial charge is 0.416 e. The van der Waals surface area contributed by atoms with Gasteiger partial charge in [-0.3, -0.25) is 9.59 Å². The van der Waals surface area contributed by atoms with E-state index >= 15 is 0 Å². The quantitative estimate of drug-likeness (QED) is 0.178. The molecule has 2 aromatic carbocycles. The molecule has 1 heterocycles. The molecule has 1 aromatic heterocycles. The van der Waals surface area contributed by atoms with E-state index in [9.17, 15) is 27.6 Å². The first-order valence-electron chi connectivity index (χ1n) is 9.42. The topological polar surface area (TPSA) is 106 Å². The highest BCUT2D eigenvalue weighted by molar-refractivity contribution is 7.12. The average molecular weight is 491 g/mol. The van der Waals surface area contributed by atoms with E-state index in [-0.39, 0.29) is 17.2 Å². The van der Waals surface area contributed by atoms with Crippen molar-refractivity contribution >= 4 is 41.0 Å². The molecule has 0 aliphatic rings. The van der Waals surface area contributed by atoms with Crippen LogP contribution in [-0.4, -0.2) is 31.1 Å². The number of methoxy groups -OCH3 is 1. The molecule has 0 atom stereocenters. The Bertz CT molecular complexity index is 1230. The Morgan fingerprint density at radius 3 is 2.47 bits per heavy atom. The van der Waals surface area contributed by atoms with E-state index in [2.05, 4.69) is 10.4 Å². The van der Waals surface area contributed by atoms with Crippen LogP contribution in [-0.2, 0) is 15.8 Å². The fourth-order valence-electron chi connectivity index (χ4n) is 2.57. The largest absolute Gasteiger partial charge is 0.493 e. The summed E-state index contributed by atoms with van der Waals surface area (Å²) in [6, 6.07) is 11.7. The molecule has 0 fully saturated rings. The van der Waals surface area contributed by atoms with Crippen LogP contribution < -0.4 is 20.2 Å². The average Bonchev–Trinajstić information content (AvgIpc) is 3.34. The van der Waals surface area contributed by atoms with Crippen LogP contribution in [0.25, 0.3) is 0 Å². The molecular weight excluding hydrogens is 475 g/mol. The van der Waals surface area contributed by atoms with E-state index in [0.29, 0.717) is 16.5 Å². The van der Waals surface area contributed by atoms with Crippen LogP contribution in [0.1, 0.15) is 20.8 Å². The summed E-state index contributed by atoms with van der Waals surface area (Å²) >= 11 is 1.23. The summed E-state index contributed by atoms with van der Waals surface area (Å²) in [5.41, 5.74) is 1.24. The van der Waals surface area contributed by atoms with Gasteiger partial charge >= 0.3 is 24.0 Å². The number of benzene rings is 2. The molecule has 0 aliphatic carbocycles.